The number of aromatic nitrogens is 2. The minimum Gasteiger partial charge on any atom is -0.497 e. The summed E-state index contributed by atoms with van der Waals surface area (Å²) in [6.07, 6.45) is 4.00. The average molecular weight is 425 g/mol. The van der Waals surface area contributed by atoms with E-state index in [2.05, 4.69) is 20.4 Å². The Labute approximate surface area is 184 Å². The van der Waals surface area contributed by atoms with Crippen molar-refractivity contribution in [2.24, 2.45) is 0 Å². The third-order valence-electron chi connectivity index (χ3n) is 5.55. The van der Waals surface area contributed by atoms with Gasteiger partial charge in [-0.15, -0.1) is 0 Å². The van der Waals surface area contributed by atoms with Crippen LogP contribution in [0.2, 0.25) is 0 Å². The molecule has 1 aromatic heterocycles. The van der Waals surface area contributed by atoms with Gasteiger partial charge in [0.05, 0.1) is 20.3 Å². The lowest BCUT2D eigenvalue weighted by Crippen LogP contribution is -2.45. The fourth-order valence-electron chi connectivity index (χ4n) is 3.73. The Balaban J connectivity index is 1.47. The van der Waals surface area contributed by atoms with Crippen molar-refractivity contribution in [3.8, 4) is 5.75 Å². The smallest absolute Gasteiger partial charge is 0.156 e. The summed E-state index contributed by atoms with van der Waals surface area (Å²) in [7, 11) is 1.67. The van der Waals surface area contributed by atoms with Crippen LogP contribution in [0.3, 0.4) is 0 Å². The van der Waals surface area contributed by atoms with Gasteiger partial charge in [0.15, 0.2) is 5.82 Å². The van der Waals surface area contributed by atoms with E-state index in [1.807, 2.05) is 42.5 Å². The van der Waals surface area contributed by atoms with Gasteiger partial charge in [0, 0.05) is 58.4 Å². The van der Waals surface area contributed by atoms with Gasteiger partial charge in [0.1, 0.15) is 17.4 Å². The Kier molecular flexibility index (Phi) is 7.71. The molecule has 2 fully saturated rings. The van der Waals surface area contributed by atoms with Gasteiger partial charge in [-0.1, -0.05) is 18.2 Å². The molecule has 0 bridgehead atoms. The summed E-state index contributed by atoms with van der Waals surface area (Å²) in [5.41, 5.74) is 1.08. The topological polar surface area (TPSA) is 74.8 Å². The number of piperazine rings is 1. The van der Waals surface area contributed by atoms with Gasteiger partial charge in [-0.3, -0.25) is 4.90 Å². The fraction of sp³-hybridized carbons (Fsp3) is 0.478. The molecule has 1 aromatic carbocycles. The van der Waals surface area contributed by atoms with E-state index in [1.165, 1.54) is 0 Å². The second-order valence-electron chi connectivity index (χ2n) is 7.69. The molecule has 0 atom stereocenters. The van der Waals surface area contributed by atoms with Gasteiger partial charge in [0.25, 0.3) is 0 Å². The lowest BCUT2D eigenvalue weighted by atomic mass is 10.2. The number of morpholine rings is 1. The number of methoxy groups -OCH3 is 1. The molecule has 3 heterocycles. The van der Waals surface area contributed by atoms with E-state index < -0.39 is 0 Å². The maximum Gasteiger partial charge on any atom is 0.156 e. The molecule has 2 saturated heterocycles. The van der Waals surface area contributed by atoms with Gasteiger partial charge in [-0.05, 0) is 23.8 Å². The van der Waals surface area contributed by atoms with Gasteiger partial charge in [-0.2, -0.15) is 0 Å². The number of benzene rings is 1. The van der Waals surface area contributed by atoms with Crippen LogP contribution in [-0.4, -0.2) is 87.5 Å². The van der Waals surface area contributed by atoms with Gasteiger partial charge in [0.2, 0.25) is 0 Å². The van der Waals surface area contributed by atoms with E-state index >= 15 is 0 Å². The SMILES string of the molecule is COc1ccc(C=Cc2nc(NCCN3CCNCC3)cc(N3CCOCC3)n2)cc1. The lowest BCUT2D eigenvalue weighted by molar-refractivity contribution is 0.122. The van der Waals surface area contributed by atoms with Crippen molar-refractivity contribution in [3.63, 3.8) is 0 Å². The van der Waals surface area contributed by atoms with Crippen LogP contribution in [-0.2, 0) is 4.74 Å². The number of hydrogen-bond acceptors (Lipinski definition) is 8. The summed E-state index contributed by atoms with van der Waals surface area (Å²) in [5.74, 6) is 3.35. The van der Waals surface area contributed by atoms with Crippen LogP contribution in [0, 0.1) is 0 Å². The van der Waals surface area contributed by atoms with Crippen molar-refractivity contribution in [2.45, 2.75) is 0 Å². The molecule has 2 N–H and O–H groups in total. The first kappa shape index (κ1) is 21.5. The van der Waals surface area contributed by atoms with Crippen molar-refractivity contribution in [2.75, 3.05) is 82.9 Å². The van der Waals surface area contributed by atoms with E-state index in [-0.39, 0.29) is 0 Å². The molecule has 2 aromatic rings. The van der Waals surface area contributed by atoms with Crippen LogP contribution >= 0.6 is 0 Å². The van der Waals surface area contributed by atoms with Gasteiger partial charge >= 0.3 is 0 Å². The highest BCUT2D eigenvalue weighted by Crippen LogP contribution is 2.19. The van der Waals surface area contributed by atoms with E-state index in [0.717, 1.165) is 88.5 Å². The third kappa shape index (κ3) is 6.40. The van der Waals surface area contributed by atoms with E-state index in [4.69, 9.17) is 19.4 Å². The van der Waals surface area contributed by atoms with Crippen LogP contribution in [0.5, 0.6) is 5.75 Å². The molecule has 4 rings (SSSR count). The summed E-state index contributed by atoms with van der Waals surface area (Å²) in [6, 6.07) is 10.00. The maximum atomic E-state index is 5.50. The second-order valence-corrected chi connectivity index (χ2v) is 7.69. The Morgan fingerprint density at radius 3 is 2.58 bits per heavy atom. The first-order chi connectivity index (χ1) is 15.3. The molecule has 8 heteroatoms. The summed E-state index contributed by atoms with van der Waals surface area (Å²) in [6.45, 7) is 9.35. The zero-order valence-corrected chi connectivity index (χ0v) is 18.2. The quantitative estimate of drug-likeness (QED) is 0.665. The fourth-order valence-corrected chi connectivity index (χ4v) is 3.73. The third-order valence-corrected chi connectivity index (χ3v) is 5.55. The summed E-state index contributed by atoms with van der Waals surface area (Å²) < 4.78 is 10.7. The van der Waals surface area contributed by atoms with Gasteiger partial charge in [-0.25, -0.2) is 9.97 Å². The van der Waals surface area contributed by atoms with Crippen molar-refractivity contribution in [1.82, 2.24) is 20.2 Å². The molecule has 0 amide bonds. The van der Waals surface area contributed by atoms with Gasteiger partial charge < -0.3 is 25.0 Å². The predicted octanol–water partition coefficient (Wildman–Crippen LogP) is 1.81. The second kappa shape index (κ2) is 11.1. The number of ether oxygens (including phenoxy) is 2. The van der Waals surface area contributed by atoms with Crippen molar-refractivity contribution in [3.05, 3.63) is 41.7 Å². The Morgan fingerprint density at radius 1 is 1.06 bits per heavy atom. The molecule has 0 saturated carbocycles. The van der Waals surface area contributed by atoms with Crippen LogP contribution in [0.1, 0.15) is 11.4 Å². The van der Waals surface area contributed by atoms with E-state index in [1.54, 1.807) is 7.11 Å². The lowest BCUT2D eigenvalue weighted by Gasteiger charge is -2.28. The van der Waals surface area contributed by atoms with Crippen molar-refractivity contribution < 1.29 is 9.47 Å². The number of hydrogen-bond donors (Lipinski definition) is 2. The molecule has 0 spiro atoms. The van der Waals surface area contributed by atoms with Crippen molar-refractivity contribution >= 4 is 23.8 Å². The molecule has 166 valence electrons. The molecular weight excluding hydrogens is 392 g/mol. The molecular formula is C23H32N6O2. The number of nitrogens with one attached hydrogen (secondary N) is 2. The normalized spacial score (nSPS) is 17.8. The molecule has 2 aliphatic rings. The van der Waals surface area contributed by atoms with E-state index in [9.17, 15) is 0 Å². The summed E-state index contributed by atoms with van der Waals surface area (Å²) in [5, 5.41) is 6.90. The summed E-state index contributed by atoms with van der Waals surface area (Å²) >= 11 is 0. The number of rotatable bonds is 8. The molecule has 0 unspecified atom stereocenters. The molecule has 0 radical (unpaired) electrons. The first-order valence-electron chi connectivity index (χ1n) is 11.0. The highest BCUT2D eigenvalue weighted by atomic mass is 16.5. The highest BCUT2D eigenvalue weighted by molar-refractivity contribution is 5.68. The number of anilines is 2. The zero-order chi connectivity index (χ0) is 21.3. The largest absolute Gasteiger partial charge is 0.497 e. The Morgan fingerprint density at radius 2 is 1.84 bits per heavy atom. The van der Waals surface area contributed by atoms with Crippen LogP contribution < -0.4 is 20.3 Å². The first-order valence-corrected chi connectivity index (χ1v) is 11.0. The molecule has 31 heavy (non-hydrogen) atoms. The predicted molar refractivity (Wildman–Crippen MR) is 125 cm³/mol. The molecule has 2 aliphatic heterocycles. The molecule has 0 aliphatic carbocycles. The van der Waals surface area contributed by atoms with E-state index in [0.29, 0.717) is 5.82 Å². The maximum absolute atomic E-state index is 5.50. The Hall–Kier alpha value is -2.68. The Bertz CT molecular complexity index is 846. The number of nitrogens with zero attached hydrogens (tertiary/aromatic N) is 4. The van der Waals surface area contributed by atoms with Crippen LogP contribution in [0.4, 0.5) is 11.6 Å². The average Bonchev–Trinajstić information content (AvgIpc) is 2.84. The molecule has 8 nitrogen and oxygen atoms in total. The van der Waals surface area contributed by atoms with Crippen LogP contribution in [0.15, 0.2) is 30.3 Å². The standard InChI is InChI=1S/C23H32N6O2/c1-30-20-5-2-19(3-6-20)4-7-21-26-22(25-10-13-28-11-8-24-9-12-28)18-23(27-21)29-14-16-31-17-15-29/h2-7,18,24H,8-17H2,1H3,(H,25,26,27). The minimum atomic E-state index is 0.699. The van der Waals surface area contributed by atoms with Crippen molar-refractivity contribution in [1.29, 1.82) is 0 Å². The zero-order valence-electron chi connectivity index (χ0n) is 18.2. The monoisotopic (exact) mass is 424 g/mol. The summed E-state index contributed by atoms with van der Waals surface area (Å²) in [4.78, 5) is 14.3. The highest BCUT2D eigenvalue weighted by Gasteiger charge is 2.15. The minimum absolute atomic E-state index is 0.699. The van der Waals surface area contributed by atoms with Crippen LogP contribution in [0.25, 0.3) is 12.2 Å².